The van der Waals surface area contributed by atoms with Gasteiger partial charge < -0.3 is 18.9 Å². The van der Waals surface area contributed by atoms with E-state index in [0.29, 0.717) is 13.6 Å². The molecule has 0 spiro atoms. The first-order valence-corrected chi connectivity index (χ1v) is 8.64. The van der Waals surface area contributed by atoms with Crippen molar-refractivity contribution >= 4 is 0 Å². The molecular weight excluding hydrogens is 328 g/mol. The van der Waals surface area contributed by atoms with E-state index in [0.717, 1.165) is 35.8 Å². The molecule has 0 radical (unpaired) electrons. The monoisotopic (exact) mass is 348 g/mol. The van der Waals surface area contributed by atoms with E-state index >= 15 is 0 Å². The van der Waals surface area contributed by atoms with Gasteiger partial charge >= 0.3 is 0 Å². The van der Waals surface area contributed by atoms with Crippen LogP contribution < -0.4 is 18.9 Å². The van der Waals surface area contributed by atoms with Crippen molar-refractivity contribution in [1.82, 2.24) is 0 Å². The summed E-state index contributed by atoms with van der Waals surface area (Å²) in [5.74, 6) is 3.31. The second kappa shape index (κ2) is 7.83. The Balaban J connectivity index is 1.22. The summed E-state index contributed by atoms with van der Waals surface area (Å²) in [6, 6.07) is 12.1. The molecule has 0 saturated carbocycles. The molecule has 2 aliphatic rings. The second-order valence-electron chi connectivity index (χ2n) is 6.02. The van der Waals surface area contributed by atoms with Crippen LogP contribution in [0.3, 0.4) is 0 Å². The van der Waals surface area contributed by atoms with Crippen LogP contribution in [0.25, 0.3) is 0 Å². The molecule has 4 rings (SSSR count). The van der Waals surface area contributed by atoms with Gasteiger partial charge in [-0.3, -0.25) is 0 Å². The summed E-state index contributed by atoms with van der Waals surface area (Å²) in [4.78, 5) is 0. The second-order valence-corrected chi connectivity index (χ2v) is 6.02. The average molecular weight is 348 g/mol. The van der Waals surface area contributed by atoms with Gasteiger partial charge in [-0.1, -0.05) is 48.6 Å². The lowest BCUT2D eigenvalue weighted by molar-refractivity contribution is 0.173. The molecule has 0 aromatic heterocycles. The predicted molar refractivity (Wildman–Crippen MR) is 100.0 cm³/mol. The molecule has 0 saturated heterocycles. The van der Waals surface area contributed by atoms with Gasteiger partial charge in [-0.15, -0.1) is 0 Å². The van der Waals surface area contributed by atoms with Gasteiger partial charge in [-0.2, -0.15) is 0 Å². The molecule has 0 N–H and O–H groups in total. The van der Waals surface area contributed by atoms with Gasteiger partial charge in [0.1, 0.15) is 0 Å². The maximum atomic E-state index is 5.39. The van der Waals surface area contributed by atoms with Gasteiger partial charge in [0.05, 0.1) is 0 Å². The Morgan fingerprint density at radius 3 is 1.54 bits per heavy atom. The van der Waals surface area contributed by atoms with Gasteiger partial charge in [0, 0.05) is 0 Å². The van der Waals surface area contributed by atoms with Crippen molar-refractivity contribution < 1.29 is 18.9 Å². The Hall–Kier alpha value is -3.14. The first-order valence-electron chi connectivity index (χ1n) is 8.64. The highest BCUT2D eigenvalue weighted by Gasteiger charge is 2.13. The van der Waals surface area contributed by atoms with Crippen LogP contribution in [0.4, 0.5) is 0 Å². The SMILES string of the molecule is C(=CC=CCc1ccc2c(c1)OCO2)C=CCc1ccc2c(c1)OCO2. The lowest BCUT2D eigenvalue weighted by Crippen LogP contribution is -1.92. The summed E-state index contributed by atoms with van der Waals surface area (Å²) in [6.45, 7) is 0.631. The number of fused-ring (bicyclic) bond motifs is 2. The number of hydrogen-bond acceptors (Lipinski definition) is 4. The molecule has 2 aromatic carbocycles. The minimum atomic E-state index is 0.315. The van der Waals surface area contributed by atoms with Crippen molar-refractivity contribution in [2.45, 2.75) is 12.8 Å². The molecule has 26 heavy (non-hydrogen) atoms. The molecule has 2 aromatic rings. The normalized spacial score (nSPS) is 14.9. The van der Waals surface area contributed by atoms with Crippen molar-refractivity contribution in [3.63, 3.8) is 0 Å². The summed E-state index contributed by atoms with van der Waals surface area (Å²) in [5, 5.41) is 0. The van der Waals surface area contributed by atoms with Crippen LogP contribution in [0.5, 0.6) is 23.0 Å². The zero-order valence-corrected chi connectivity index (χ0v) is 14.4. The Morgan fingerprint density at radius 2 is 1.04 bits per heavy atom. The number of ether oxygens (including phenoxy) is 4. The van der Waals surface area contributed by atoms with Gasteiger partial charge in [-0.05, 0) is 48.2 Å². The van der Waals surface area contributed by atoms with Crippen LogP contribution in [0, 0.1) is 0 Å². The topological polar surface area (TPSA) is 36.9 Å². The van der Waals surface area contributed by atoms with E-state index in [9.17, 15) is 0 Å². The zero-order valence-electron chi connectivity index (χ0n) is 14.4. The van der Waals surface area contributed by atoms with E-state index in [1.807, 2.05) is 36.4 Å². The van der Waals surface area contributed by atoms with Gasteiger partial charge in [0.25, 0.3) is 0 Å². The molecule has 0 aliphatic carbocycles. The molecule has 4 nitrogen and oxygen atoms in total. The lowest BCUT2D eigenvalue weighted by Gasteiger charge is -1.99. The van der Waals surface area contributed by atoms with Crippen LogP contribution in [-0.4, -0.2) is 13.6 Å². The first kappa shape index (κ1) is 16.3. The van der Waals surface area contributed by atoms with Crippen LogP contribution in [0.1, 0.15) is 11.1 Å². The minimum absolute atomic E-state index is 0.315. The number of allylic oxidation sites excluding steroid dienone is 6. The van der Waals surface area contributed by atoms with E-state index in [-0.39, 0.29) is 0 Å². The number of hydrogen-bond donors (Lipinski definition) is 0. The van der Waals surface area contributed by atoms with E-state index in [4.69, 9.17) is 18.9 Å². The Labute approximate surface area is 153 Å². The van der Waals surface area contributed by atoms with Crippen LogP contribution in [0.2, 0.25) is 0 Å². The standard InChI is InChI=1S/C22H20O4/c1(3-5-7-17-9-11-19-21(13-17)25-15-23-19)2-4-6-8-18-10-12-20-22(14-18)26-16-24-20/h1-6,9-14H,7-8,15-16H2. The fourth-order valence-electron chi connectivity index (χ4n) is 2.83. The fourth-order valence-corrected chi connectivity index (χ4v) is 2.83. The van der Waals surface area contributed by atoms with Crippen molar-refractivity contribution in [3.8, 4) is 23.0 Å². The maximum absolute atomic E-state index is 5.39. The third-order valence-electron chi connectivity index (χ3n) is 4.19. The number of rotatable bonds is 6. The summed E-state index contributed by atoms with van der Waals surface area (Å²) < 4.78 is 21.4. The summed E-state index contributed by atoms with van der Waals surface area (Å²) in [7, 11) is 0. The molecule has 4 heteroatoms. The molecule has 0 bridgehead atoms. The molecule has 0 atom stereocenters. The van der Waals surface area contributed by atoms with E-state index in [2.05, 4.69) is 36.4 Å². The van der Waals surface area contributed by atoms with Gasteiger partial charge in [0.15, 0.2) is 23.0 Å². The first-order chi connectivity index (χ1) is 12.9. The molecule has 0 amide bonds. The maximum Gasteiger partial charge on any atom is 0.231 e. The number of benzene rings is 2. The van der Waals surface area contributed by atoms with Crippen LogP contribution in [-0.2, 0) is 12.8 Å². The van der Waals surface area contributed by atoms with Crippen molar-refractivity contribution in [2.24, 2.45) is 0 Å². The quantitative estimate of drug-likeness (QED) is 0.715. The zero-order chi connectivity index (χ0) is 17.6. The van der Waals surface area contributed by atoms with E-state index in [1.54, 1.807) is 0 Å². The third-order valence-corrected chi connectivity index (χ3v) is 4.19. The largest absolute Gasteiger partial charge is 0.454 e. The highest BCUT2D eigenvalue weighted by atomic mass is 16.7. The van der Waals surface area contributed by atoms with Gasteiger partial charge in [0.2, 0.25) is 13.6 Å². The molecular formula is C22H20O4. The highest BCUT2D eigenvalue weighted by molar-refractivity contribution is 5.45. The Bertz CT molecular complexity index is 793. The molecule has 132 valence electrons. The third kappa shape index (κ3) is 3.91. The smallest absolute Gasteiger partial charge is 0.231 e. The van der Waals surface area contributed by atoms with Crippen molar-refractivity contribution in [3.05, 3.63) is 84.0 Å². The van der Waals surface area contributed by atoms with Crippen LogP contribution in [0.15, 0.2) is 72.9 Å². The molecule has 0 fully saturated rings. The van der Waals surface area contributed by atoms with Crippen molar-refractivity contribution in [1.29, 1.82) is 0 Å². The Kier molecular flexibility index (Phi) is 4.92. The summed E-state index contributed by atoms with van der Waals surface area (Å²) in [5.41, 5.74) is 2.41. The van der Waals surface area contributed by atoms with Crippen LogP contribution >= 0.6 is 0 Å². The molecule has 0 unspecified atom stereocenters. The van der Waals surface area contributed by atoms with Crippen molar-refractivity contribution in [2.75, 3.05) is 13.6 Å². The fraction of sp³-hybridized carbons (Fsp3) is 0.182. The summed E-state index contributed by atoms with van der Waals surface area (Å²) in [6.07, 6.45) is 14.1. The van der Waals surface area contributed by atoms with E-state index < -0.39 is 0 Å². The lowest BCUT2D eigenvalue weighted by atomic mass is 10.1. The summed E-state index contributed by atoms with van der Waals surface area (Å²) >= 11 is 0. The average Bonchev–Trinajstić information content (AvgIpc) is 3.31. The van der Waals surface area contributed by atoms with E-state index in [1.165, 1.54) is 11.1 Å². The molecule has 2 aliphatic heterocycles. The minimum Gasteiger partial charge on any atom is -0.454 e. The molecule has 2 heterocycles. The Morgan fingerprint density at radius 1 is 0.577 bits per heavy atom. The highest BCUT2D eigenvalue weighted by Crippen LogP contribution is 2.33. The van der Waals surface area contributed by atoms with Gasteiger partial charge in [-0.25, -0.2) is 0 Å². The predicted octanol–water partition coefficient (Wildman–Crippen LogP) is 4.60.